The Labute approximate surface area is 164 Å². The zero-order chi connectivity index (χ0) is 18.1. The van der Waals surface area contributed by atoms with Gasteiger partial charge < -0.3 is 10.2 Å². The second-order valence-electron chi connectivity index (χ2n) is 6.13. The van der Waals surface area contributed by atoms with E-state index in [1.54, 1.807) is 11.0 Å². The first kappa shape index (κ1) is 17.1. The van der Waals surface area contributed by atoms with Crippen LogP contribution < -0.4 is 5.32 Å². The van der Waals surface area contributed by atoms with Crippen molar-refractivity contribution in [3.8, 4) is 11.3 Å². The summed E-state index contributed by atoms with van der Waals surface area (Å²) in [5.41, 5.74) is 4.80. The van der Waals surface area contributed by atoms with Gasteiger partial charge in [0.15, 0.2) is 0 Å². The first-order chi connectivity index (χ1) is 12.6. The summed E-state index contributed by atoms with van der Waals surface area (Å²) in [7, 11) is 0. The van der Waals surface area contributed by atoms with Crippen molar-refractivity contribution in [3.05, 3.63) is 69.3 Å². The van der Waals surface area contributed by atoms with Crippen LogP contribution in [0.4, 0.5) is 10.5 Å². The molecule has 0 bridgehead atoms. The number of halogens is 2. The monoisotopic (exact) mass is 430 g/mol. The van der Waals surface area contributed by atoms with Gasteiger partial charge in [0.2, 0.25) is 0 Å². The highest BCUT2D eigenvalue weighted by molar-refractivity contribution is 9.10. The van der Waals surface area contributed by atoms with Gasteiger partial charge in [0, 0.05) is 39.9 Å². The number of aromatic nitrogens is 2. The smallest absolute Gasteiger partial charge is 0.320 e. The number of carbonyl (C=O) groups excluding carboxylic acids is 1. The van der Waals surface area contributed by atoms with Gasteiger partial charge in [0.1, 0.15) is 0 Å². The van der Waals surface area contributed by atoms with Gasteiger partial charge in [0.05, 0.1) is 17.3 Å². The molecule has 26 heavy (non-hydrogen) atoms. The maximum atomic E-state index is 12.7. The molecule has 2 aromatic carbocycles. The van der Waals surface area contributed by atoms with E-state index in [1.165, 1.54) is 0 Å². The Bertz CT molecular complexity index is 957. The fourth-order valence-corrected chi connectivity index (χ4v) is 3.51. The average molecular weight is 432 g/mol. The fraction of sp³-hybridized carbons (Fsp3) is 0.158. The minimum absolute atomic E-state index is 0.144. The van der Waals surface area contributed by atoms with E-state index in [4.69, 9.17) is 11.6 Å². The molecule has 1 aromatic heterocycles. The Kier molecular flexibility index (Phi) is 4.70. The molecule has 132 valence electrons. The molecule has 0 saturated carbocycles. The molecule has 4 rings (SSSR count). The second-order valence-corrected chi connectivity index (χ2v) is 7.39. The van der Waals surface area contributed by atoms with Crippen LogP contribution in [0.1, 0.15) is 11.3 Å². The summed E-state index contributed by atoms with van der Waals surface area (Å²) in [6.07, 6.45) is 0.754. The maximum absolute atomic E-state index is 12.7. The molecule has 1 aliphatic rings. The van der Waals surface area contributed by atoms with E-state index in [0.29, 0.717) is 23.8 Å². The van der Waals surface area contributed by atoms with E-state index in [0.717, 1.165) is 33.4 Å². The molecule has 3 aromatic rings. The largest absolute Gasteiger partial charge is 0.322 e. The number of rotatable bonds is 2. The van der Waals surface area contributed by atoms with Crippen molar-refractivity contribution >= 4 is 39.2 Å². The molecule has 0 saturated heterocycles. The molecule has 7 heteroatoms. The number of nitrogens with zero attached hydrogens (tertiary/aromatic N) is 2. The predicted octanol–water partition coefficient (Wildman–Crippen LogP) is 5.08. The molecular formula is C19H16BrClN4O. The van der Waals surface area contributed by atoms with Crippen LogP contribution in [0, 0.1) is 0 Å². The third-order valence-corrected chi connectivity index (χ3v) is 5.67. The van der Waals surface area contributed by atoms with Gasteiger partial charge in [-0.3, -0.25) is 5.10 Å². The van der Waals surface area contributed by atoms with E-state index in [-0.39, 0.29) is 6.03 Å². The van der Waals surface area contributed by atoms with Gasteiger partial charge in [-0.25, -0.2) is 4.79 Å². The fourth-order valence-electron chi connectivity index (χ4n) is 3.08. The first-order valence-electron chi connectivity index (χ1n) is 8.24. The third-order valence-electron chi connectivity index (χ3n) is 4.44. The SMILES string of the molecule is O=C(Nc1ccc(Br)c(Cl)c1)N1CCc2[nH]nc(-c3ccccc3)c2C1. The Hall–Kier alpha value is -2.31. The van der Waals surface area contributed by atoms with E-state index in [1.807, 2.05) is 42.5 Å². The summed E-state index contributed by atoms with van der Waals surface area (Å²) in [5.74, 6) is 0. The Morgan fingerprint density at radius 2 is 2.04 bits per heavy atom. The molecule has 0 aliphatic carbocycles. The Morgan fingerprint density at radius 1 is 1.23 bits per heavy atom. The Balaban J connectivity index is 1.53. The lowest BCUT2D eigenvalue weighted by molar-refractivity contribution is 0.206. The summed E-state index contributed by atoms with van der Waals surface area (Å²) in [4.78, 5) is 14.5. The van der Waals surface area contributed by atoms with Crippen LogP contribution in [0.25, 0.3) is 11.3 Å². The Morgan fingerprint density at radius 3 is 2.81 bits per heavy atom. The van der Waals surface area contributed by atoms with Gasteiger partial charge in [-0.15, -0.1) is 0 Å². The quantitative estimate of drug-likeness (QED) is 0.594. The summed E-state index contributed by atoms with van der Waals surface area (Å²) in [6.45, 7) is 1.16. The average Bonchev–Trinajstić information content (AvgIpc) is 3.08. The number of hydrogen-bond acceptors (Lipinski definition) is 2. The first-order valence-corrected chi connectivity index (χ1v) is 9.41. The third kappa shape index (κ3) is 3.34. The number of nitrogens with one attached hydrogen (secondary N) is 2. The van der Waals surface area contributed by atoms with E-state index in [9.17, 15) is 4.79 Å². The van der Waals surface area contributed by atoms with Crippen LogP contribution in [-0.4, -0.2) is 27.7 Å². The van der Waals surface area contributed by atoms with Crippen molar-refractivity contribution in [2.45, 2.75) is 13.0 Å². The lowest BCUT2D eigenvalue weighted by atomic mass is 10.0. The summed E-state index contributed by atoms with van der Waals surface area (Å²) < 4.78 is 0.797. The van der Waals surface area contributed by atoms with Crippen LogP contribution >= 0.6 is 27.5 Å². The topological polar surface area (TPSA) is 61.0 Å². The van der Waals surface area contributed by atoms with Gasteiger partial charge in [-0.1, -0.05) is 41.9 Å². The van der Waals surface area contributed by atoms with Gasteiger partial charge >= 0.3 is 6.03 Å². The van der Waals surface area contributed by atoms with Crippen LogP contribution in [-0.2, 0) is 13.0 Å². The summed E-state index contributed by atoms with van der Waals surface area (Å²) >= 11 is 9.45. The number of carbonyl (C=O) groups is 1. The number of aromatic amines is 1. The molecule has 0 fully saturated rings. The lowest BCUT2D eigenvalue weighted by Crippen LogP contribution is -2.38. The summed E-state index contributed by atoms with van der Waals surface area (Å²) in [6, 6.07) is 15.2. The highest BCUT2D eigenvalue weighted by Crippen LogP contribution is 2.29. The lowest BCUT2D eigenvalue weighted by Gasteiger charge is -2.27. The van der Waals surface area contributed by atoms with Crippen molar-refractivity contribution in [1.82, 2.24) is 15.1 Å². The zero-order valence-corrected chi connectivity index (χ0v) is 16.1. The number of fused-ring (bicyclic) bond motifs is 1. The molecule has 0 unspecified atom stereocenters. The minimum atomic E-state index is -0.144. The van der Waals surface area contributed by atoms with Gasteiger partial charge in [-0.05, 0) is 34.1 Å². The van der Waals surface area contributed by atoms with Crippen molar-refractivity contribution < 1.29 is 4.79 Å². The number of benzene rings is 2. The van der Waals surface area contributed by atoms with E-state index < -0.39 is 0 Å². The van der Waals surface area contributed by atoms with Gasteiger partial charge in [-0.2, -0.15) is 5.10 Å². The van der Waals surface area contributed by atoms with Crippen LogP contribution in [0.2, 0.25) is 5.02 Å². The molecule has 0 atom stereocenters. The molecule has 0 radical (unpaired) electrons. The molecule has 2 heterocycles. The zero-order valence-electron chi connectivity index (χ0n) is 13.8. The van der Waals surface area contributed by atoms with Crippen molar-refractivity contribution in [2.24, 2.45) is 0 Å². The number of anilines is 1. The van der Waals surface area contributed by atoms with Gasteiger partial charge in [0.25, 0.3) is 0 Å². The van der Waals surface area contributed by atoms with Crippen LogP contribution in [0.15, 0.2) is 53.0 Å². The number of hydrogen-bond donors (Lipinski definition) is 2. The number of urea groups is 1. The minimum Gasteiger partial charge on any atom is -0.320 e. The van der Waals surface area contributed by atoms with Crippen LogP contribution in [0.3, 0.4) is 0 Å². The van der Waals surface area contributed by atoms with E-state index >= 15 is 0 Å². The number of amides is 2. The molecule has 2 amide bonds. The number of H-pyrrole nitrogens is 1. The van der Waals surface area contributed by atoms with Crippen LogP contribution in [0.5, 0.6) is 0 Å². The molecular weight excluding hydrogens is 416 g/mol. The van der Waals surface area contributed by atoms with Crippen molar-refractivity contribution in [3.63, 3.8) is 0 Å². The second kappa shape index (κ2) is 7.13. The molecule has 1 aliphatic heterocycles. The highest BCUT2D eigenvalue weighted by Gasteiger charge is 2.25. The summed E-state index contributed by atoms with van der Waals surface area (Å²) in [5, 5.41) is 11.1. The van der Waals surface area contributed by atoms with E-state index in [2.05, 4.69) is 31.4 Å². The van der Waals surface area contributed by atoms with Crippen molar-refractivity contribution in [2.75, 3.05) is 11.9 Å². The molecule has 5 nitrogen and oxygen atoms in total. The van der Waals surface area contributed by atoms with Crippen molar-refractivity contribution in [1.29, 1.82) is 0 Å². The highest BCUT2D eigenvalue weighted by atomic mass is 79.9. The molecule has 2 N–H and O–H groups in total. The standard InChI is InChI=1S/C19H16BrClN4O/c20-15-7-6-13(10-16(15)21)22-19(26)25-9-8-17-14(11-25)18(24-23-17)12-4-2-1-3-5-12/h1-7,10H,8-9,11H2,(H,22,26)(H,23,24). The maximum Gasteiger partial charge on any atom is 0.322 e. The normalized spacial score (nSPS) is 13.4. The molecule has 0 spiro atoms. The predicted molar refractivity (Wildman–Crippen MR) is 106 cm³/mol.